The Morgan fingerprint density at radius 1 is 0.906 bits per heavy atom. The molecule has 2 aromatic carbocycles. The lowest BCUT2D eigenvalue weighted by molar-refractivity contribution is 0.308. The van der Waals surface area contributed by atoms with Crippen LogP contribution in [0.25, 0.3) is 22.6 Å². The first-order valence-corrected chi connectivity index (χ1v) is 10.4. The Kier molecular flexibility index (Phi) is 5.03. The average Bonchev–Trinajstić information content (AvgIpc) is 3.20. The fraction of sp³-hybridized carbons (Fsp3) is 0.115. The van der Waals surface area contributed by atoms with Gasteiger partial charge in [-0.1, -0.05) is 48.5 Å². The molecule has 32 heavy (non-hydrogen) atoms. The molecule has 0 aliphatic heterocycles. The van der Waals surface area contributed by atoms with Crippen LogP contribution in [0.15, 0.2) is 89.9 Å². The Labute approximate surface area is 185 Å². The highest BCUT2D eigenvalue weighted by atomic mass is 16.5. The Morgan fingerprint density at radius 3 is 2.38 bits per heavy atom. The summed E-state index contributed by atoms with van der Waals surface area (Å²) in [7, 11) is 0. The molecule has 158 valence electrons. The van der Waals surface area contributed by atoms with Gasteiger partial charge in [0.15, 0.2) is 11.4 Å². The SMILES string of the molecule is Cc1nc2c(OCc3ccccc3)cccn2c(=O)c1-c1cc(C)n(-c2ccccc2)n1. The van der Waals surface area contributed by atoms with Crippen LogP contribution in [0.3, 0.4) is 0 Å². The Bertz CT molecular complexity index is 1450. The van der Waals surface area contributed by atoms with Crippen LogP contribution in [0.4, 0.5) is 0 Å². The summed E-state index contributed by atoms with van der Waals surface area (Å²) < 4.78 is 9.36. The number of para-hydroxylation sites is 1. The van der Waals surface area contributed by atoms with Gasteiger partial charge in [-0.05, 0) is 49.7 Å². The van der Waals surface area contributed by atoms with Crippen LogP contribution >= 0.6 is 0 Å². The maximum absolute atomic E-state index is 13.5. The van der Waals surface area contributed by atoms with E-state index in [4.69, 9.17) is 14.8 Å². The summed E-state index contributed by atoms with van der Waals surface area (Å²) in [6, 6.07) is 25.3. The Balaban J connectivity index is 1.57. The largest absolute Gasteiger partial charge is 0.485 e. The summed E-state index contributed by atoms with van der Waals surface area (Å²) >= 11 is 0. The molecule has 0 N–H and O–H groups in total. The lowest BCUT2D eigenvalue weighted by atomic mass is 10.1. The van der Waals surface area contributed by atoms with Crippen LogP contribution in [0.2, 0.25) is 0 Å². The topological polar surface area (TPSA) is 61.4 Å². The van der Waals surface area contributed by atoms with Crippen LogP contribution in [0.5, 0.6) is 5.75 Å². The van der Waals surface area contributed by atoms with Crippen LogP contribution in [0, 0.1) is 13.8 Å². The second-order valence-electron chi connectivity index (χ2n) is 7.64. The summed E-state index contributed by atoms with van der Waals surface area (Å²) in [4.78, 5) is 18.2. The number of rotatable bonds is 5. The van der Waals surface area contributed by atoms with E-state index in [1.54, 1.807) is 12.3 Å². The molecule has 0 bridgehead atoms. The maximum Gasteiger partial charge on any atom is 0.267 e. The van der Waals surface area contributed by atoms with Gasteiger partial charge in [-0.3, -0.25) is 9.20 Å². The van der Waals surface area contributed by atoms with Crippen molar-refractivity contribution < 1.29 is 4.74 Å². The van der Waals surface area contributed by atoms with Gasteiger partial charge in [0.25, 0.3) is 5.56 Å². The number of hydrogen-bond donors (Lipinski definition) is 0. The van der Waals surface area contributed by atoms with Crippen molar-refractivity contribution in [3.63, 3.8) is 0 Å². The zero-order valence-corrected chi connectivity index (χ0v) is 17.9. The quantitative estimate of drug-likeness (QED) is 0.410. The molecule has 0 aliphatic carbocycles. The third kappa shape index (κ3) is 3.56. The number of pyridine rings is 1. The molecule has 3 aromatic heterocycles. The highest BCUT2D eigenvalue weighted by Gasteiger charge is 2.18. The van der Waals surface area contributed by atoms with E-state index < -0.39 is 0 Å². The molecule has 0 saturated carbocycles. The first-order chi connectivity index (χ1) is 15.6. The van der Waals surface area contributed by atoms with E-state index in [9.17, 15) is 4.79 Å². The van der Waals surface area contributed by atoms with Gasteiger partial charge in [-0.25, -0.2) is 9.67 Å². The van der Waals surface area contributed by atoms with Crippen molar-refractivity contribution in [2.75, 3.05) is 0 Å². The van der Waals surface area contributed by atoms with E-state index in [2.05, 4.69) is 0 Å². The molecule has 6 nitrogen and oxygen atoms in total. The van der Waals surface area contributed by atoms with Gasteiger partial charge in [0.2, 0.25) is 0 Å². The Morgan fingerprint density at radius 2 is 1.62 bits per heavy atom. The zero-order chi connectivity index (χ0) is 22.1. The molecule has 0 radical (unpaired) electrons. The van der Waals surface area contributed by atoms with Crippen molar-refractivity contribution in [1.29, 1.82) is 0 Å². The van der Waals surface area contributed by atoms with Crippen molar-refractivity contribution in [3.8, 4) is 22.7 Å². The smallest absolute Gasteiger partial charge is 0.267 e. The zero-order valence-electron chi connectivity index (χ0n) is 17.9. The van der Waals surface area contributed by atoms with Crippen LogP contribution in [-0.4, -0.2) is 19.2 Å². The average molecular weight is 422 g/mol. The molecule has 0 amide bonds. The molecule has 0 spiro atoms. The van der Waals surface area contributed by atoms with E-state index >= 15 is 0 Å². The first-order valence-electron chi connectivity index (χ1n) is 10.4. The normalized spacial score (nSPS) is 11.1. The van der Waals surface area contributed by atoms with Gasteiger partial charge in [-0.2, -0.15) is 5.10 Å². The summed E-state index contributed by atoms with van der Waals surface area (Å²) in [5.74, 6) is 0.564. The summed E-state index contributed by atoms with van der Waals surface area (Å²) in [6.07, 6.45) is 1.71. The van der Waals surface area contributed by atoms with Gasteiger partial charge >= 0.3 is 0 Å². The molecular weight excluding hydrogens is 400 g/mol. The minimum atomic E-state index is -0.171. The number of benzene rings is 2. The molecule has 5 aromatic rings. The standard InChI is InChI=1S/C26H22N4O2/c1-18-16-22(28-30(18)21-12-7-4-8-13-21)24-19(2)27-25-23(14-9-15-29(25)26(24)31)32-17-20-10-5-3-6-11-20/h3-16H,17H2,1-2H3. The third-order valence-corrected chi connectivity index (χ3v) is 5.38. The van der Waals surface area contributed by atoms with Gasteiger partial charge in [0.1, 0.15) is 12.3 Å². The molecule has 6 heteroatoms. The molecule has 0 atom stereocenters. The molecule has 0 fully saturated rings. The fourth-order valence-electron chi connectivity index (χ4n) is 3.81. The minimum absolute atomic E-state index is 0.171. The van der Waals surface area contributed by atoms with Gasteiger partial charge < -0.3 is 4.74 Å². The lowest BCUT2D eigenvalue weighted by Crippen LogP contribution is -2.19. The molecule has 0 saturated heterocycles. The van der Waals surface area contributed by atoms with Gasteiger partial charge in [-0.15, -0.1) is 0 Å². The number of hydrogen-bond acceptors (Lipinski definition) is 4. The number of nitrogens with zero attached hydrogens (tertiary/aromatic N) is 4. The van der Waals surface area contributed by atoms with E-state index in [1.807, 2.05) is 91.3 Å². The fourth-order valence-corrected chi connectivity index (χ4v) is 3.81. The van der Waals surface area contributed by atoms with Crippen LogP contribution < -0.4 is 10.3 Å². The third-order valence-electron chi connectivity index (χ3n) is 5.38. The monoisotopic (exact) mass is 422 g/mol. The highest BCUT2D eigenvalue weighted by molar-refractivity contribution is 5.65. The van der Waals surface area contributed by atoms with Crippen LogP contribution in [0.1, 0.15) is 17.0 Å². The molecule has 3 heterocycles. The minimum Gasteiger partial charge on any atom is -0.485 e. The van der Waals surface area contributed by atoms with E-state index in [0.29, 0.717) is 35.0 Å². The predicted octanol–water partition coefficient (Wildman–Crippen LogP) is 4.74. The molecular formula is C26H22N4O2. The predicted molar refractivity (Wildman–Crippen MR) is 124 cm³/mol. The van der Waals surface area contributed by atoms with Crippen molar-refractivity contribution in [3.05, 3.63) is 112 Å². The molecule has 5 rings (SSSR count). The maximum atomic E-state index is 13.5. The van der Waals surface area contributed by atoms with Crippen molar-refractivity contribution >= 4 is 5.65 Å². The molecule has 0 unspecified atom stereocenters. The van der Waals surface area contributed by atoms with Gasteiger partial charge in [0.05, 0.1) is 16.9 Å². The summed E-state index contributed by atoms with van der Waals surface area (Å²) in [6.45, 7) is 4.21. The van der Waals surface area contributed by atoms with Gasteiger partial charge in [0, 0.05) is 11.9 Å². The van der Waals surface area contributed by atoms with E-state index in [-0.39, 0.29) is 5.56 Å². The number of aryl methyl sites for hydroxylation is 2. The highest BCUT2D eigenvalue weighted by Crippen LogP contribution is 2.24. The second kappa shape index (κ2) is 8.15. The van der Waals surface area contributed by atoms with Crippen molar-refractivity contribution in [2.45, 2.75) is 20.5 Å². The summed E-state index contributed by atoms with van der Waals surface area (Å²) in [5.41, 5.74) is 4.96. The number of ether oxygens (including phenoxy) is 1. The van der Waals surface area contributed by atoms with E-state index in [0.717, 1.165) is 16.9 Å². The molecule has 0 aliphatic rings. The van der Waals surface area contributed by atoms with Crippen molar-refractivity contribution in [2.24, 2.45) is 0 Å². The number of fused-ring (bicyclic) bond motifs is 1. The summed E-state index contributed by atoms with van der Waals surface area (Å²) in [5, 5.41) is 4.71. The van der Waals surface area contributed by atoms with E-state index in [1.165, 1.54) is 4.40 Å². The lowest BCUT2D eigenvalue weighted by Gasteiger charge is -2.11. The first kappa shape index (κ1) is 19.8. The second-order valence-corrected chi connectivity index (χ2v) is 7.64. The Hall–Kier alpha value is -4.19. The van der Waals surface area contributed by atoms with Crippen molar-refractivity contribution in [1.82, 2.24) is 19.2 Å². The number of aromatic nitrogens is 4. The van der Waals surface area contributed by atoms with Crippen LogP contribution in [-0.2, 0) is 6.61 Å².